The van der Waals surface area contributed by atoms with Crippen LogP contribution in [0.25, 0.3) is 0 Å². The first kappa shape index (κ1) is 13.1. The second-order valence-electron chi connectivity index (χ2n) is 5.84. The Labute approximate surface area is 106 Å². The molecule has 3 nitrogen and oxygen atoms in total. The summed E-state index contributed by atoms with van der Waals surface area (Å²) in [6, 6.07) is 1.44. The molecule has 1 unspecified atom stereocenters. The first-order valence-corrected chi connectivity index (χ1v) is 6.98. The minimum absolute atomic E-state index is 0.653. The van der Waals surface area contributed by atoms with Crippen molar-refractivity contribution in [2.75, 3.05) is 39.8 Å². The molecule has 98 valence electrons. The number of hydrogen-bond acceptors (Lipinski definition) is 3. The lowest BCUT2D eigenvalue weighted by Gasteiger charge is -2.28. The molecule has 1 saturated heterocycles. The second kappa shape index (κ2) is 5.98. The van der Waals surface area contributed by atoms with Gasteiger partial charge in [-0.3, -0.25) is 4.90 Å². The zero-order valence-corrected chi connectivity index (χ0v) is 11.4. The molecule has 3 heteroatoms. The topological polar surface area (TPSA) is 18.5 Å². The van der Waals surface area contributed by atoms with E-state index in [4.69, 9.17) is 0 Å². The largest absolute Gasteiger partial charge is 0.310 e. The summed E-state index contributed by atoms with van der Waals surface area (Å²) in [7, 11) is 2.23. The molecular weight excluding hydrogens is 210 g/mol. The summed E-state index contributed by atoms with van der Waals surface area (Å²) in [6.07, 6.45) is 4.00. The van der Waals surface area contributed by atoms with Crippen molar-refractivity contribution < 1.29 is 0 Å². The maximum absolute atomic E-state index is 4.21. The number of nitrogens with zero attached hydrogens (tertiary/aromatic N) is 2. The molecule has 1 heterocycles. The van der Waals surface area contributed by atoms with Gasteiger partial charge >= 0.3 is 0 Å². The Bertz CT molecular complexity index is 260. The van der Waals surface area contributed by atoms with E-state index in [1.54, 1.807) is 0 Å². The molecule has 1 aliphatic heterocycles. The molecule has 2 aliphatic rings. The first-order chi connectivity index (χ1) is 8.15. The van der Waals surface area contributed by atoms with Gasteiger partial charge in [-0.2, -0.15) is 0 Å². The van der Waals surface area contributed by atoms with Crippen LogP contribution in [-0.4, -0.2) is 61.7 Å². The van der Waals surface area contributed by atoms with Crippen LogP contribution in [0.2, 0.25) is 0 Å². The molecule has 0 aromatic heterocycles. The number of nitrogens with one attached hydrogen (secondary N) is 1. The van der Waals surface area contributed by atoms with E-state index in [-0.39, 0.29) is 0 Å². The summed E-state index contributed by atoms with van der Waals surface area (Å²) in [6.45, 7) is 12.2. The Morgan fingerprint density at radius 2 is 2.12 bits per heavy atom. The van der Waals surface area contributed by atoms with Crippen molar-refractivity contribution in [1.82, 2.24) is 15.1 Å². The highest BCUT2D eigenvalue weighted by atomic mass is 15.2. The number of likely N-dealkylation sites (N-methyl/N-ethyl adjacent to an activating group) is 1. The van der Waals surface area contributed by atoms with Gasteiger partial charge in [0.2, 0.25) is 0 Å². The van der Waals surface area contributed by atoms with Gasteiger partial charge in [-0.1, -0.05) is 6.58 Å². The summed E-state index contributed by atoms with van der Waals surface area (Å²) in [5.74, 6) is 0. The third kappa shape index (κ3) is 4.41. The van der Waals surface area contributed by atoms with Crippen molar-refractivity contribution >= 4 is 0 Å². The van der Waals surface area contributed by atoms with E-state index in [1.165, 1.54) is 44.5 Å². The second-order valence-corrected chi connectivity index (χ2v) is 5.84. The van der Waals surface area contributed by atoms with E-state index in [9.17, 15) is 0 Å². The van der Waals surface area contributed by atoms with Crippen molar-refractivity contribution in [1.29, 1.82) is 0 Å². The summed E-state index contributed by atoms with van der Waals surface area (Å²) >= 11 is 0. The molecule has 17 heavy (non-hydrogen) atoms. The van der Waals surface area contributed by atoms with Gasteiger partial charge in [0, 0.05) is 38.3 Å². The summed E-state index contributed by atoms with van der Waals surface area (Å²) in [5, 5.41) is 3.55. The van der Waals surface area contributed by atoms with Crippen molar-refractivity contribution in [3.8, 4) is 0 Å². The molecule has 1 aliphatic carbocycles. The van der Waals surface area contributed by atoms with Crippen LogP contribution in [0.1, 0.15) is 26.2 Å². The van der Waals surface area contributed by atoms with Gasteiger partial charge in [-0.05, 0) is 45.4 Å². The van der Waals surface area contributed by atoms with E-state index in [1.807, 2.05) is 0 Å². The van der Waals surface area contributed by atoms with Gasteiger partial charge in [-0.15, -0.1) is 0 Å². The van der Waals surface area contributed by atoms with E-state index in [2.05, 4.69) is 35.7 Å². The summed E-state index contributed by atoms with van der Waals surface area (Å²) in [5.41, 5.74) is 1.34. The van der Waals surface area contributed by atoms with Gasteiger partial charge < -0.3 is 10.2 Å². The first-order valence-electron chi connectivity index (χ1n) is 6.98. The minimum atomic E-state index is 0.653. The van der Waals surface area contributed by atoms with Crippen LogP contribution in [0.5, 0.6) is 0 Å². The normalized spacial score (nSPS) is 28.0. The quantitative estimate of drug-likeness (QED) is 0.728. The summed E-state index contributed by atoms with van der Waals surface area (Å²) < 4.78 is 0. The highest BCUT2D eigenvalue weighted by Gasteiger charge is 2.22. The molecule has 1 saturated carbocycles. The minimum Gasteiger partial charge on any atom is -0.310 e. The molecule has 0 aromatic carbocycles. The Balaban J connectivity index is 1.73. The predicted molar refractivity (Wildman–Crippen MR) is 73.3 cm³/mol. The molecular formula is C14H27N3. The Morgan fingerprint density at radius 3 is 2.82 bits per heavy atom. The predicted octanol–water partition coefficient (Wildman–Crippen LogP) is 1.32. The zero-order chi connectivity index (χ0) is 12.3. The molecule has 0 amide bonds. The third-order valence-electron chi connectivity index (χ3n) is 3.83. The third-order valence-corrected chi connectivity index (χ3v) is 3.83. The monoisotopic (exact) mass is 237 g/mol. The molecule has 0 aromatic rings. The lowest BCUT2D eigenvalue weighted by atomic mass is 10.2. The lowest BCUT2D eigenvalue weighted by Crippen LogP contribution is -2.40. The number of rotatable bonds is 5. The van der Waals surface area contributed by atoms with Crippen molar-refractivity contribution in [3.63, 3.8) is 0 Å². The van der Waals surface area contributed by atoms with Crippen LogP contribution < -0.4 is 5.32 Å². The zero-order valence-electron chi connectivity index (χ0n) is 11.4. The Morgan fingerprint density at radius 1 is 1.35 bits per heavy atom. The van der Waals surface area contributed by atoms with Crippen LogP contribution in [0.4, 0.5) is 0 Å². The fourth-order valence-corrected chi connectivity index (χ4v) is 2.58. The van der Waals surface area contributed by atoms with Crippen molar-refractivity contribution in [2.45, 2.75) is 38.3 Å². The smallest absolute Gasteiger partial charge is 0.0206 e. The Hall–Kier alpha value is -0.380. The molecule has 1 N–H and O–H groups in total. The number of hydrogen-bond donors (Lipinski definition) is 1. The van der Waals surface area contributed by atoms with Gasteiger partial charge in [-0.25, -0.2) is 0 Å². The van der Waals surface area contributed by atoms with Crippen LogP contribution in [-0.2, 0) is 0 Å². The maximum atomic E-state index is 4.21. The highest BCUT2D eigenvalue weighted by Crippen LogP contribution is 2.19. The standard InChI is InChI=1S/C14H27N3/c1-12(9-15-14-5-6-14)10-17-8-4-7-16(3)11-13(17)2/h13-15H,1,4-11H2,2-3H3. The molecule has 1 atom stereocenters. The van der Waals surface area contributed by atoms with E-state index < -0.39 is 0 Å². The average molecular weight is 237 g/mol. The fraction of sp³-hybridized carbons (Fsp3) is 0.857. The molecule has 2 fully saturated rings. The maximum Gasteiger partial charge on any atom is 0.0206 e. The van der Waals surface area contributed by atoms with Gasteiger partial charge in [0.1, 0.15) is 0 Å². The Kier molecular flexibility index (Phi) is 4.60. The van der Waals surface area contributed by atoms with Crippen molar-refractivity contribution in [2.24, 2.45) is 0 Å². The van der Waals surface area contributed by atoms with Crippen LogP contribution in [0, 0.1) is 0 Å². The average Bonchev–Trinajstić information content (AvgIpc) is 3.08. The highest BCUT2D eigenvalue weighted by molar-refractivity contribution is 5.02. The summed E-state index contributed by atoms with van der Waals surface area (Å²) in [4.78, 5) is 5.02. The van der Waals surface area contributed by atoms with E-state index in [0.29, 0.717) is 6.04 Å². The molecule has 0 bridgehead atoms. The lowest BCUT2D eigenvalue weighted by molar-refractivity contribution is 0.216. The van der Waals surface area contributed by atoms with Crippen molar-refractivity contribution in [3.05, 3.63) is 12.2 Å². The van der Waals surface area contributed by atoms with Crippen LogP contribution >= 0.6 is 0 Å². The fourth-order valence-electron chi connectivity index (χ4n) is 2.58. The van der Waals surface area contributed by atoms with E-state index in [0.717, 1.165) is 19.1 Å². The van der Waals surface area contributed by atoms with Crippen LogP contribution in [0.3, 0.4) is 0 Å². The molecule has 0 spiro atoms. The van der Waals surface area contributed by atoms with Gasteiger partial charge in [0.15, 0.2) is 0 Å². The molecule has 0 radical (unpaired) electrons. The SMILES string of the molecule is C=C(CNC1CC1)CN1CCCN(C)CC1C. The van der Waals surface area contributed by atoms with Crippen LogP contribution in [0.15, 0.2) is 12.2 Å². The molecule has 2 rings (SSSR count). The van der Waals surface area contributed by atoms with E-state index >= 15 is 0 Å². The van der Waals surface area contributed by atoms with Gasteiger partial charge in [0.05, 0.1) is 0 Å². The van der Waals surface area contributed by atoms with Gasteiger partial charge in [0.25, 0.3) is 0 Å².